The molecule has 4 heteroatoms. The summed E-state index contributed by atoms with van der Waals surface area (Å²) in [4.78, 5) is 0. The number of rotatable bonds is 0. The van der Waals surface area contributed by atoms with Crippen LogP contribution >= 0.6 is 0 Å². The minimum Gasteiger partial charge on any atom is -0.312 e. The summed E-state index contributed by atoms with van der Waals surface area (Å²) in [5.41, 5.74) is 0.141. The Labute approximate surface area is 86.2 Å². The molecule has 2 rings (SSSR count). The van der Waals surface area contributed by atoms with Crippen molar-refractivity contribution < 1.29 is 8.42 Å². The second kappa shape index (κ2) is 3.20. The van der Waals surface area contributed by atoms with Gasteiger partial charge in [0.05, 0.1) is 11.0 Å². The van der Waals surface area contributed by atoms with Crippen molar-refractivity contribution in [3.05, 3.63) is 0 Å². The fourth-order valence-electron chi connectivity index (χ4n) is 2.82. The summed E-state index contributed by atoms with van der Waals surface area (Å²) in [6.45, 7) is 5.20. The van der Waals surface area contributed by atoms with Crippen LogP contribution in [-0.4, -0.2) is 32.0 Å². The monoisotopic (exact) mass is 217 g/mol. The predicted molar refractivity (Wildman–Crippen MR) is 57.0 cm³/mol. The average molecular weight is 217 g/mol. The van der Waals surface area contributed by atoms with E-state index in [0.717, 1.165) is 25.8 Å². The van der Waals surface area contributed by atoms with E-state index in [1.54, 1.807) is 0 Å². The Morgan fingerprint density at radius 3 is 2.79 bits per heavy atom. The normalized spacial score (nSPS) is 40.1. The van der Waals surface area contributed by atoms with Gasteiger partial charge in [0.2, 0.25) is 0 Å². The first kappa shape index (κ1) is 10.4. The lowest BCUT2D eigenvalue weighted by Gasteiger charge is -2.29. The van der Waals surface area contributed by atoms with E-state index in [9.17, 15) is 8.42 Å². The van der Waals surface area contributed by atoms with Crippen molar-refractivity contribution >= 4 is 9.84 Å². The SMILES string of the molecule is CC1(C)CCC2C1NCCCS2(=O)=O. The number of fused-ring (bicyclic) bond motifs is 1. The van der Waals surface area contributed by atoms with Crippen LogP contribution in [0.5, 0.6) is 0 Å². The van der Waals surface area contributed by atoms with E-state index < -0.39 is 9.84 Å². The Morgan fingerprint density at radius 2 is 2.07 bits per heavy atom. The molecule has 1 aliphatic carbocycles. The Morgan fingerprint density at radius 1 is 1.36 bits per heavy atom. The van der Waals surface area contributed by atoms with Gasteiger partial charge in [-0.3, -0.25) is 0 Å². The Balaban J connectivity index is 2.33. The van der Waals surface area contributed by atoms with Gasteiger partial charge in [0.15, 0.2) is 9.84 Å². The second-order valence-corrected chi connectivity index (χ2v) is 7.56. The van der Waals surface area contributed by atoms with Crippen molar-refractivity contribution in [1.82, 2.24) is 5.32 Å². The first-order valence-corrected chi connectivity index (χ1v) is 7.10. The number of sulfone groups is 1. The molecule has 0 spiro atoms. The molecule has 3 nitrogen and oxygen atoms in total. The molecule has 0 aromatic heterocycles. The molecule has 0 aromatic rings. The van der Waals surface area contributed by atoms with E-state index in [4.69, 9.17) is 0 Å². The maximum Gasteiger partial charge on any atom is 0.154 e. The van der Waals surface area contributed by atoms with Gasteiger partial charge >= 0.3 is 0 Å². The van der Waals surface area contributed by atoms with Crippen molar-refractivity contribution in [1.29, 1.82) is 0 Å². The molecule has 14 heavy (non-hydrogen) atoms. The van der Waals surface area contributed by atoms with Gasteiger partial charge in [-0.15, -0.1) is 0 Å². The van der Waals surface area contributed by atoms with Crippen LogP contribution in [0.4, 0.5) is 0 Å². The van der Waals surface area contributed by atoms with Crippen molar-refractivity contribution in [2.45, 2.75) is 44.4 Å². The van der Waals surface area contributed by atoms with Crippen LogP contribution in [0.2, 0.25) is 0 Å². The Bertz CT molecular complexity index is 321. The summed E-state index contributed by atoms with van der Waals surface area (Å²) < 4.78 is 23.9. The average Bonchev–Trinajstić information content (AvgIpc) is 2.25. The van der Waals surface area contributed by atoms with Gasteiger partial charge < -0.3 is 5.32 Å². The molecular weight excluding hydrogens is 198 g/mol. The topological polar surface area (TPSA) is 46.2 Å². The Kier molecular flexibility index (Phi) is 2.39. The highest BCUT2D eigenvalue weighted by atomic mass is 32.2. The van der Waals surface area contributed by atoms with E-state index >= 15 is 0 Å². The molecule has 2 atom stereocenters. The van der Waals surface area contributed by atoms with E-state index in [0.29, 0.717) is 5.75 Å². The maximum atomic E-state index is 11.9. The van der Waals surface area contributed by atoms with Crippen LogP contribution < -0.4 is 5.32 Å². The van der Waals surface area contributed by atoms with Gasteiger partial charge in [-0.25, -0.2) is 8.42 Å². The molecule has 0 radical (unpaired) electrons. The van der Waals surface area contributed by atoms with Gasteiger partial charge in [0, 0.05) is 6.04 Å². The van der Waals surface area contributed by atoms with Crippen LogP contribution in [0.3, 0.4) is 0 Å². The van der Waals surface area contributed by atoms with Crippen LogP contribution in [0.15, 0.2) is 0 Å². The zero-order valence-corrected chi connectivity index (χ0v) is 9.73. The van der Waals surface area contributed by atoms with E-state index in [-0.39, 0.29) is 16.7 Å². The highest BCUT2D eigenvalue weighted by Crippen LogP contribution is 2.41. The fourth-order valence-corrected chi connectivity index (χ4v) is 5.02. The van der Waals surface area contributed by atoms with Gasteiger partial charge in [-0.05, 0) is 31.2 Å². The molecule has 1 aliphatic heterocycles. The van der Waals surface area contributed by atoms with Crippen LogP contribution in [-0.2, 0) is 9.84 Å². The zero-order chi connectivity index (χ0) is 10.4. The summed E-state index contributed by atoms with van der Waals surface area (Å²) in [6, 6.07) is 0.176. The third kappa shape index (κ3) is 1.58. The first-order valence-electron chi connectivity index (χ1n) is 5.38. The lowest BCUT2D eigenvalue weighted by molar-refractivity contribution is 0.288. The third-order valence-electron chi connectivity index (χ3n) is 3.72. The minimum atomic E-state index is -2.83. The molecule has 2 unspecified atom stereocenters. The van der Waals surface area contributed by atoms with Crippen LogP contribution in [0, 0.1) is 5.41 Å². The lowest BCUT2D eigenvalue weighted by Crippen LogP contribution is -2.45. The Hall–Kier alpha value is -0.0900. The van der Waals surface area contributed by atoms with Gasteiger partial charge in [0.25, 0.3) is 0 Å². The van der Waals surface area contributed by atoms with Gasteiger partial charge in [-0.2, -0.15) is 0 Å². The fraction of sp³-hybridized carbons (Fsp3) is 1.00. The quantitative estimate of drug-likeness (QED) is 0.657. The summed E-state index contributed by atoms with van der Waals surface area (Å²) in [5.74, 6) is 0.372. The summed E-state index contributed by atoms with van der Waals surface area (Å²) in [5, 5.41) is 3.29. The molecule has 82 valence electrons. The van der Waals surface area contributed by atoms with Crippen molar-refractivity contribution in [3.8, 4) is 0 Å². The molecular formula is C10H19NO2S. The van der Waals surface area contributed by atoms with Crippen molar-refractivity contribution in [2.24, 2.45) is 5.41 Å². The van der Waals surface area contributed by atoms with Crippen LogP contribution in [0.25, 0.3) is 0 Å². The molecule has 0 aromatic carbocycles. The van der Waals surface area contributed by atoms with Crippen LogP contribution in [0.1, 0.15) is 33.1 Å². The lowest BCUT2D eigenvalue weighted by atomic mass is 9.87. The minimum absolute atomic E-state index is 0.125. The van der Waals surface area contributed by atoms with Gasteiger partial charge in [0.1, 0.15) is 0 Å². The predicted octanol–water partition coefficient (Wildman–Crippen LogP) is 0.952. The summed E-state index contributed by atoms with van der Waals surface area (Å²) >= 11 is 0. The second-order valence-electron chi connectivity index (χ2n) is 5.22. The maximum absolute atomic E-state index is 11.9. The molecule has 0 bridgehead atoms. The smallest absolute Gasteiger partial charge is 0.154 e. The van der Waals surface area contributed by atoms with Crippen molar-refractivity contribution in [2.75, 3.05) is 12.3 Å². The molecule has 1 N–H and O–H groups in total. The largest absolute Gasteiger partial charge is 0.312 e. The van der Waals surface area contributed by atoms with E-state index in [1.807, 2.05) is 0 Å². The summed E-state index contributed by atoms with van der Waals surface area (Å²) in [6.07, 6.45) is 2.63. The van der Waals surface area contributed by atoms with Crippen molar-refractivity contribution in [3.63, 3.8) is 0 Å². The highest BCUT2D eigenvalue weighted by Gasteiger charge is 2.48. The number of hydrogen-bond donors (Lipinski definition) is 1. The molecule has 1 saturated heterocycles. The molecule has 2 fully saturated rings. The summed E-state index contributed by atoms with van der Waals surface area (Å²) in [7, 11) is -2.83. The number of hydrogen-bond acceptors (Lipinski definition) is 3. The molecule has 2 aliphatic rings. The third-order valence-corrected chi connectivity index (χ3v) is 6.01. The number of nitrogens with one attached hydrogen (secondary N) is 1. The zero-order valence-electron chi connectivity index (χ0n) is 8.91. The molecule has 1 heterocycles. The van der Waals surface area contributed by atoms with E-state index in [1.165, 1.54) is 0 Å². The highest BCUT2D eigenvalue weighted by molar-refractivity contribution is 7.92. The first-order chi connectivity index (χ1) is 6.43. The molecule has 0 amide bonds. The van der Waals surface area contributed by atoms with Gasteiger partial charge in [-0.1, -0.05) is 13.8 Å². The molecule has 1 saturated carbocycles. The van der Waals surface area contributed by atoms with E-state index in [2.05, 4.69) is 19.2 Å². The standard InChI is InChI=1S/C10H19NO2S/c1-10(2)5-4-8-9(10)11-6-3-7-14(8,12)13/h8-9,11H,3-7H2,1-2H3.